The summed E-state index contributed by atoms with van der Waals surface area (Å²) < 4.78 is 0. The van der Waals surface area contributed by atoms with Crippen LogP contribution in [-0.4, -0.2) is 19.0 Å². The molecular formula is C19H26ClN3OS. The van der Waals surface area contributed by atoms with Gasteiger partial charge in [0.15, 0.2) is 0 Å². The largest absolute Gasteiger partial charge is 0.371 e. The molecule has 1 aromatic carbocycles. The van der Waals surface area contributed by atoms with E-state index in [1.54, 1.807) is 0 Å². The van der Waals surface area contributed by atoms with Gasteiger partial charge in [-0.05, 0) is 49.6 Å². The molecule has 1 unspecified atom stereocenters. The van der Waals surface area contributed by atoms with Crippen molar-refractivity contribution in [2.24, 2.45) is 11.7 Å². The molecule has 1 aliphatic rings. The fourth-order valence-electron chi connectivity index (χ4n) is 3.18. The van der Waals surface area contributed by atoms with Gasteiger partial charge in [-0.15, -0.1) is 23.7 Å². The third-order valence-corrected chi connectivity index (χ3v) is 5.55. The third kappa shape index (κ3) is 5.46. The minimum Gasteiger partial charge on any atom is -0.371 e. The fraction of sp³-hybridized carbons (Fsp3) is 0.421. The Morgan fingerprint density at radius 2 is 2.00 bits per heavy atom. The van der Waals surface area contributed by atoms with Crippen molar-refractivity contribution in [3.05, 3.63) is 51.7 Å². The lowest BCUT2D eigenvalue weighted by Gasteiger charge is -2.33. The first-order chi connectivity index (χ1) is 11.6. The number of rotatable bonds is 6. The van der Waals surface area contributed by atoms with Crippen LogP contribution in [0.3, 0.4) is 0 Å². The van der Waals surface area contributed by atoms with Crippen molar-refractivity contribution in [3.63, 3.8) is 0 Å². The van der Waals surface area contributed by atoms with Crippen LogP contribution in [0, 0.1) is 12.8 Å². The van der Waals surface area contributed by atoms with Crippen molar-refractivity contribution in [3.8, 4) is 0 Å². The molecule has 25 heavy (non-hydrogen) atoms. The standard InChI is InChI=1S/C19H25N3OS.ClH/c1-14-4-9-18(24-14)12-21-11-15-5-7-17(8-6-15)22-10-2-3-16(13-22)19(20)23;/h4-9,16,21H,2-3,10-13H2,1H3,(H2,20,23);1H. The van der Waals surface area contributed by atoms with E-state index in [0.29, 0.717) is 0 Å². The molecule has 1 aliphatic heterocycles. The number of aryl methyl sites for hydroxylation is 1. The third-order valence-electron chi connectivity index (χ3n) is 4.55. The SMILES string of the molecule is Cc1ccc(CNCc2ccc(N3CCCC(C(N)=O)C3)cc2)s1.Cl. The molecule has 0 radical (unpaired) electrons. The van der Waals surface area contributed by atoms with E-state index in [9.17, 15) is 4.79 Å². The van der Waals surface area contributed by atoms with Gasteiger partial charge >= 0.3 is 0 Å². The van der Waals surface area contributed by atoms with Crippen molar-refractivity contribution < 1.29 is 4.79 Å². The molecule has 0 spiro atoms. The molecule has 3 rings (SSSR count). The Morgan fingerprint density at radius 1 is 1.24 bits per heavy atom. The van der Waals surface area contributed by atoms with Crippen molar-refractivity contribution >= 4 is 35.3 Å². The van der Waals surface area contributed by atoms with Gasteiger partial charge in [0.05, 0.1) is 5.92 Å². The van der Waals surface area contributed by atoms with E-state index in [4.69, 9.17) is 5.73 Å². The summed E-state index contributed by atoms with van der Waals surface area (Å²) in [6, 6.07) is 13.0. The Morgan fingerprint density at radius 3 is 2.64 bits per heavy atom. The number of hydrogen-bond acceptors (Lipinski definition) is 4. The molecular weight excluding hydrogens is 354 g/mol. The minimum atomic E-state index is -0.177. The van der Waals surface area contributed by atoms with Crippen molar-refractivity contribution in [1.82, 2.24) is 5.32 Å². The van der Waals surface area contributed by atoms with E-state index >= 15 is 0 Å². The Balaban J connectivity index is 0.00000225. The number of carbonyl (C=O) groups excluding carboxylic acids is 1. The molecule has 6 heteroatoms. The number of halogens is 1. The van der Waals surface area contributed by atoms with Crippen LogP contribution in [0.2, 0.25) is 0 Å². The summed E-state index contributed by atoms with van der Waals surface area (Å²) in [6.07, 6.45) is 1.94. The lowest BCUT2D eigenvalue weighted by Crippen LogP contribution is -2.41. The summed E-state index contributed by atoms with van der Waals surface area (Å²) in [5, 5.41) is 3.49. The second-order valence-electron chi connectivity index (χ2n) is 6.47. The predicted molar refractivity (Wildman–Crippen MR) is 107 cm³/mol. The Kier molecular flexibility index (Phi) is 7.29. The Hall–Kier alpha value is -1.56. The summed E-state index contributed by atoms with van der Waals surface area (Å²) in [4.78, 5) is 16.4. The van der Waals surface area contributed by atoms with Gasteiger partial charge in [-0.1, -0.05) is 12.1 Å². The first-order valence-corrected chi connectivity index (χ1v) is 9.33. The van der Waals surface area contributed by atoms with Crippen LogP contribution in [0.4, 0.5) is 5.69 Å². The number of primary amides is 1. The van der Waals surface area contributed by atoms with Crippen LogP contribution in [0.5, 0.6) is 0 Å². The molecule has 1 amide bonds. The highest BCUT2D eigenvalue weighted by molar-refractivity contribution is 7.11. The number of piperidine rings is 1. The maximum Gasteiger partial charge on any atom is 0.222 e. The van der Waals surface area contributed by atoms with Gasteiger partial charge in [-0.25, -0.2) is 0 Å². The van der Waals surface area contributed by atoms with E-state index < -0.39 is 0 Å². The average Bonchev–Trinajstić information content (AvgIpc) is 3.01. The van der Waals surface area contributed by atoms with E-state index in [2.05, 4.69) is 53.5 Å². The highest BCUT2D eigenvalue weighted by atomic mass is 35.5. The number of nitrogens with one attached hydrogen (secondary N) is 1. The second-order valence-corrected chi connectivity index (χ2v) is 7.84. The zero-order valence-electron chi connectivity index (χ0n) is 14.5. The molecule has 4 nitrogen and oxygen atoms in total. The predicted octanol–water partition coefficient (Wildman–Crippen LogP) is 3.47. The smallest absolute Gasteiger partial charge is 0.222 e. The zero-order chi connectivity index (χ0) is 16.9. The average molecular weight is 380 g/mol. The van der Waals surface area contributed by atoms with Gasteiger partial charge in [0.2, 0.25) is 5.91 Å². The lowest BCUT2D eigenvalue weighted by atomic mass is 9.97. The van der Waals surface area contributed by atoms with Gasteiger partial charge in [0.25, 0.3) is 0 Å². The molecule has 2 heterocycles. The van der Waals surface area contributed by atoms with Gasteiger partial charge in [0, 0.05) is 41.6 Å². The normalized spacial score (nSPS) is 17.2. The monoisotopic (exact) mass is 379 g/mol. The van der Waals surface area contributed by atoms with E-state index in [1.165, 1.54) is 21.0 Å². The Bertz CT molecular complexity index is 686. The topological polar surface area (TPSA) is 58.4 Å². The minimum absolute atomic E-state index is 0. The van der Waals surface area contributed by atoms with Gasteiger partial charge < -0.3 is 16.0 Å². The molecule has 0 saturated carbocycles. The fourth-order valence-corrected chi connectivity index (χ4v) is 4.04. The van der Waals surface area contributed by atoms with Crippen molar-refractivity contribution in [1.29, 1.82) is 0 Å². The van der Waals surface area contributed by atoms with Crippen molar-refractivity contribution in [2.45, 2.75) is 32.9 Å². The molecule has 136 valence electrons. The molecule has 1 saturated heterocycles. The molecule has 3 N–H and O–H groups in total. The highest BCUT2D eigenvalue weighted by Crippen LogP contribution is 2.23. The maximum absolute atomic E-state index is 11.4. The molecule has 0 aliphatic carbocycles. The molecule has 0 bridgehead atoms. The number of nitrogens with two attached hydrogens (primary N) is 1. The first-order valence-electron chi connectivity index (χ1n) is 8.51. The molecule has 2 aromatic rings. The first kappa shape index (κ1) is 19.8. The summed E-state index contributed by atoms with van der Waals surface area (Å²) in [5.74, 6) is -0.196. The van der Waals surface area contributed by atoms with Crippen LogP contribution < -0.4 is 16.0 Å². The van der Waals surface area contributed by atoms with Gasteiger partial charge in [0.1, 0.15) is 0 Å². The number of carbonyl (C=O) groups is 1. The van der Waals surface area contributed by atoms with Crippen LogP contribution >= 0.6 is 23.7 Å². The zero-order valence-corrected chi connectivity index (χ0v) is 16.2. The van der Waals surface area contributed by atoms with Crippen LogP contribution in [-0.2, 0) is 17.9 Å². The Labute approximate surface area is 159 Å². The number of thiophene rings is 1. The summed E-state index contributed by atoms with van der Waals surface area (Å²) in [5.41, 5.74) is 7.92. The number of benzene rings is 1. The molecule has 1 aromatic heterocycles. The van der Waals surface area contributed by atoms with Crippen LogP contribution in [0.25, 0.3) is 0 Å². The number of amides is 1. The quantitative estimate of drug-likeness (QED) is 0.807. The number of nitrogens with zero attached hydrogens (tertiary/aromatic N) is 1. The van der Waals surface area contributed by atoms with Crippen LogP contribution in [0.15, 0.2) is 36.4 Å². The van der Waals surface area contributed by atoms with E-state index in [-0.39, 0.29) is 24.2 Å². The number of anilines is 1. The second kappa shape index (κ2) is 9.22. The summed E-state index contributed by atoms with van der Waals surface area (Å²) in [7, 11) is 0. The number of hydrogen-bond donors (Lipinski definition) is 2. The summed E-state index contributed by atoms with van der Waals surface area (Å²) in [6.45, 7) is 5.65. The van der Waals surface area contributed by atoms with E-state index in [0.717, 1.165) is 39.0 Å². The molecule has 1 fully saturated rings. The van der Waals surface area contributed by atoms with Gasteiger partial charge in [-0.2, -0.15) is 0 Å². The van der Waals surface area contributed by atoms with E-state index in [1.807, 2.05) is 11.3 Å². The van der Waals surface area contributed by atoms with Crippen LogP contribution in [0.1, 0.15) is 28.2 Å². The highest BCUT2D eigenvalue weighted by Gasteiger charge is 2.23. The maximum atomic E-state index is 11.4. The summed E-state index contributed by atoms with van der Waals surface area (Å²) >= 11 is 1.84. The van der Waals surface area contributed by atoms with Crippen molar-refractivity contribution in [2.75, 3.05) is 18.0 Å². The lowest BCUT2D eigenvalue weighted by molar-refractivity contribution is -0.122. The van der Waals surface area contributed by atoms with Gasteiger partial charge in [-0.3, -0.25) is 4.79 Å². The molecule has 1 atom stereocenters.